The van der Waals surface area contributed by atoms with Crippen LogP contribution in [0.4, 0.5) is 0 Å². The molecule has 1 aromatic rings. The fourth-order valence-corrected chi connectivity index (χ4v) is 2.71. The average molecular weight is 269 g/mol. The van der Waals surface area contributed by atoms with Gasteiger partial charge in [-0.3, -0.25) is 0 Å². The first kappa shape index (κ1) is 13.5. The van der Waals surface area contributed by atoms with E-state index in [4.69, 9.17) is 9.15 Å². The average Bonchev–Trinajstić information content (AvgIpc) is 3.06. The minimum atomic E-state index is -0.342. The third-order valence-electron chi connectivity index (χ3n) is 3.36. The standard InChI is InChI=1S/C13H19NO3S/c1-9-11(12(15)16-2)6-10(17-9)7-14-8-13(18-3)4-5-13/h6,14H,4-5,7-8H2,1-3H3. The molecule has 0 amide bonds. The first-order valence-electron chi connectivity index (χ1n) is 6.04. The van der Waals surface area contributed by atoms with Gasteiger partial charge in [-0.25, -0.2) is 4.79 Å². The number of aryl methyl sites for hydroxylation is 1. The molecule has 4 nitrogen and oxygen atoms in total. The Balaban J connectivity index is 1.88. The molecule has 0 aliphatic heterocycles. The van der Waals surface area contributed by atoms with Crippen LogP contribution in [0, 0.1) is 6.92 Å². The van der Waals surface area contributed by atoms with Gasteiger partial charge in [-0.1, -0.05) is 0 Å². The highest BCUT2D eigenvalue weighted by Gasteiger charge is 2.41. The normalized spacial score (nSPS) is 16.6. The van der Waals surface area contributed by atoms with Crippen molar-refractivity contribution in [2.24, 2.45) is 0 Å². The van der Waals surface area contributed by atoms with Gasteiger partial charge in [0.1, 0.15) is 17.1 Å². The first-order valence-corrected chi connectivity index (χ1v) is 7.26. The fraction of sp³-hybridized carbons (Fsp3) is 0.615. The van der Waals surface area contributed by atoms with E-state index in [9.17, 15) is 4.79 Å². The molecule has 0 spiro atoms. The van der Waals surface area contributed by atoms with E-state index in [0.717, 1.165) is 12.3 Å². The molecule has 1 aliphatic rings. The van der Waals surface area contributed by atoms with Crippen molar-refractivity contribution in [1.29, 1.82) is 0 Å². The predicted molar refractivity (Wildman–Crippen MR) is 72.0 cm³/mol. The quantitative estimate of drug-likeness (QED) is 0.803. The lowest BCUT2D eigenvalue weighted by Gasteiger charge is -2.11. The van der Waals surface area contributed by atoms with Crippen molar-refractivity contribution < 1.29 is 13.9 Å². The van der Waals surface area contributed by atoms with Gasteiger partial charge in [-0.05, 0) is 32.1 Å². The first-order chi connectivity index (χ1) is 8.60. The highest BCUT2D eigenvalue weighted by atomic mass is 32.2. The van der Waals surface area contributed by atoms with Gasteiger partial charge in [-0.2, -0.15) is 11.8 Å². The van der Waals surface area contributed by atoms with E-state index in [1.54, 1.807) is 13.0 Å². The molecule has 2 rings (SSSR count). The zero-order valence-corrected chi connectivity index (χ0v) is 11.9. The van der Waals surface area contributed by atoms with Gasteiger partial charge in [0.25, 0.3) is 0 Å². The van der Waals surface area contributed by atoms with Crippen molar-refractivity contribution >= 4 is 17.7 Å². The van der Waals surface area contributed by atoms with Crippen molar-refractivity contribution in [3.05, 3.63) is 23.2 Å². The topological polar surface area (TPSA) is 51.5 Å². The summed E-state index contributed by atoms with van der Waals surface area (Å²) in [6, 6.07) is 1.76. The van der Waals surface area contributed by atoms with Gasteiger partial charge in [-0.15, -0.1) is 0 Å². The summed E-state index contributed by atoms with van der Waals surface area (Å²) < 4.78 is 10.7. The van der Waals surface area contributed by atoms with Crippen LogP contribution in [0.2, 0.25) is 0 Å². The molecule has 1 saturated carbocycles. The minimum absolute atomic E-state index is 0.342. The van der Waals surface area contributed by atoms with E-state index in [0.29, 0.717) is 22.6 Å². The number of nitrogens with one attached hydrogen (secondary N) is 1. The molecule has 0 atom stereocenters. The molecule has 1 aromatic heterocycles. The van der Waals surface area contributed by atoms with Crippen molar-refractivity contribution in [3.8, 4) is 0 Å². The lowest BCUT2D eigenvalue weighted by molar-refractivity contribution is 0.0599. The minimum Gasteiger partial charge on any atom is -0.465 e. The third kappa shape index (κ3) is 2.90. The van der Waals surface area contributed by atoms with Crippen LogP contribution in [0.25, 0.3) is 0 Å². The van der Waals surface area contributed by atoms with E-state index in [-0.39, 0.29) is 5.97 Å². The lowest BCUT2D eigenvalue weighted by Crippen LogP contribution is -2.25. The molecule has 18 heavy (non-hydrogen) atoms. The molecule has 1 fully saturated rings. The maximum Gasteiger partial charge on any atom is 0.341 e. The van der Waals surface area contributed by atoms with Crippen LogP contribution in [0.5, 0.6) is 0 Å². The van der Waals surface area contributed by atoms with E-state index >= 15 is 0 Å². The Labute approximate surface area is 111 Å². The Morgan fingerprint density at radius 1 is 1.61 bits per heavy atom. The molecule has 1 aliphatic carbocycles. The number of hydrogen-bond donors (Lipinski definition) is 1. The number of hydrogen-bond acceptors (Lipinski definition) is 5. The maximum absolute atomic E-state index is 11.4. The molecule has 5 heteroatoms. The van der Waals surface area contributed by atoms with Crippen LogP contribution >= 0.6 is 11.8 Å². The highest BCUT2D eigenvalue weighted by Crippen LogP contribution is 2.46. The van der Waals surface area contributed by atoms with Crippen molar-refractivity contribution in [2.75, 3.05) is 19.9 Å². The molecular formula is C13H19NO3S. The zero-order chi connectivity index (χ0) is 13.2. The molecule has 1 N–H and O–H groups in total. The Bertz CT molecular complexity index is 437. The van der Waals surface area contributed by atoms with Gasteiger partial charge < -0.3 is 14.5 Å². The fourth-order valence-electron chi connectivity index (χ4n) is 1.95. The van der Waals surface area contributed by atoms with Crippen molar-refractivity contribution in [3.63, 3.8) is 0 Å². The zero-order valence-electron chi connectivity index (χ0n) is 11.0. The summed E-state index contributed by atoms with van der Waals surface area (Å²) in [6.07, 6.45) is 4.72. The van der Waals surface area contributed by atoms with Crippen LogP contribution in [-0.2, 0) is 11.3 Å². The van der Waals surface area contributed by atoms with Crippen LogP contribution in [-0.4, -0.2) is 30.6 Å². The number of ether oxygens (including phenoxy) is 1. The molecule has 0 aromatic carbocycles. The number of methoxy groups -OCH3 is 1. The van der Waals surface area contributed by atoms with Crippen LogP contribution in [0.15, 0.2) is 10.5 Å². The highest BCUT2D eigenvalue weighted by molar-refractivity contribution is 8.00. The molecule has 0 bridgehead atoms. The number of esters is 1. The summed E-state index contributed by atoms with van der Waals surface area (Å²) >= 11 is 1.92. The summed E-state index contributed by atoms with van der Waals surface area (Å²) in [6.45, 7) is 3.42. The van der Waals surface area contributed by atoms with Gasteiger partial charge >= 0.3 is 5.97 Å². The number of thioether (sulfide) groups is 1. The number of rotatable bonds is 6. The van der Waals surface area contributed by atoms with Crippen molar-refractivity contribution in [1.82, 2.24) is 5.32 Å². The summed E-state index contributed by atoms with van der Waals surface area (Å²) in [4.78, 5) is 11.4. The summed E-state index contributed by atoms with van der Waals surface area (Å²) in [5.41, 5.74) is 0.514. The van der Waals surface area contributed by atoms with E-state index in [1.807, 2.05) is 11.8 Å². The Kier molecular flexibility index (Phi) is 4.02. The second-order valence-corrected chi connectivity index (χ2v) is 5.94. The Morgan fingerprint density at radius 2 is 2.33 bits per heavy atom. The van der Waals surface area contributed by atoms with Gasteiger partial charge in [0, 0.05) is 11.3 Å². The predicted octanol–water partition coefficient (Wildman–Crippen LogP) is 2.36. The monoisotopic (exact) mass is 269 g/mol. The molecule has 1 heterocycles. The molecule has 0 unspecified atom stereocenters. The van der Waals surface area contributed by atoms with Crippen LogP contribution in [0.3, 0.4) is 0 Å². The van der Waals surface area contributed by atoms with Crippen molar-refractivity contribution in [2.45, 2.75) is 31.1 Å². The lowest BCUT2D eigenvalue weighted by atomic mass is 10.2. The largest absolute Gasteiger partial charge is 0.465 e. The maximum atomic E-state index is 11.4. The van der Waals surface area contributed by atoms with E-state index < -0.39 is 0 Å². The van der Waals surface area contributed by atoms with Crippen LogP contribution in [0.1, 0.15) is 34.7 Å². The van der Waals surface area contributed by atoms with Gasteiger partial charge in [0.2, 0.25) is 0 Å². The summed E-state index contributed by atoms with van der Waals surface area (Å²) in [5, 5.41) is 3.39. The van der Waals surface area contributed by atoms with Gasteiger partial charge in [0.15, 0.2) is 0 Å². The SMILES string of the molecule is COC(=O)c1cc(CNCC2(SC)CC2)oc1C. The molecular weight excluding hydrogens is 250 g/mol. The molecule has 0 radical (unpaired) electrons. The number of carbonyl (C=O) groups excluding carboxylic acids is 1. The Hall–Kier alpha value is -0.940. The van der Waals surface area contributed by atoms with E-state index in [1.165, 1.54) is 20.0 Å². The Morgan fingerprint density at radius 3 is 2.89 bits per heavy atom. The summed E-state index contributed by atoms with van der Waals surface area (Å²) in [7, 11) is 1.38. The van der Waals surface area contributed by atoms with E-state index in [2.05, 4.69) is 11.6 Å². The smallest absolute Gasteiger partial charge is 0.341 e. The molecule has 0 saturated heterocycles. The second kappa shape index (κ2) is 5.36. The second-order valence-electron chi connectivity index (χ2n) is 4.66. The van der Waals surface area contributed by atoms with Crippen LogP contribution < -0.4 is 5.32 Å². The summed E-state index contributed by atoms with van der Waals surface area (Å²) in [5.74, 6) is 1.06. The number of carbonyl (C=O) groups is 1. The third-order valence-corrected chi connectivity index (χ3v) is 4.78. The molecule has 100 valence electrons. The number of furan rings is 1. The van der Waals surface area contributed by atoms with Gasteiger partial charge in [0.05, 0.1) is 13.7 Å².